The first-order valence-electron chi connectivity index (χ1n) is 8.64. The van der Waals surface area contributed by atoms with Crippen molar-refractivity contribution in [3.05, 3.63) is 52.7 Å². The molecule has 1 aromatic carbocycles. The van der Waals surface area contributed by atoms with E-state index in [1.165, 1.54) is 22.2 Å². The molecular weight excluding hydrogens is 362 g/mol. The zero-order chi connectivity index (χ0) is 18.7. The summed E-state index contributed by atoms with van der Waals surface area (Å²) < 4.78 is 0. The molecule has 0 aliphatic heterocycles. The minimum absolute atomic E-state index is 0.130. The molecule has 0 saturated heterocycles. The lowest BCUT2D eigenvalue weighted by Crippen LogP contribution is -2.37. The number of benzene rings is 1. The van der Waals surface area contributed by atoms with Crippen molar-refractivity contribution in [1.29, 1.82) is 0 Å². The van der Waals surface area contributed by atoms with Crippen molar-refractivity contribution in [3.63, 3.8) is 0 Å². The van der Waals surface area contributed by atoms with Gasteiger partial charge in [0.25, 0.3) is 0 Å². The lowest BCUT2D eigenvalue weighted by molar-refractivity contribution is -0.130. The Balaban J connectivity index is 1.75. The molecule has 3 rings (SSSR count). The molecule has 0 bridgehead atoms. The van der Waals surface area contributed by atoms with E-state index in [4.69, 9.17) is 0 Å². The van der Waals surface area contributed by atoms with Gasteiger partial charge in [-0.05, 0) is 38.8 Å². The molecule has 0 radical (unpaired) electrons. The first-order valence-corrected chi connectivity index (χ1v) is 10.4. The van der Waals surface area contributed by atoms with Crippen LogP contribution in [-0.4, -0.2) is 32.6 Å². The average molecular weight is 386 g/mol. The monoisotopic (exact) mass is 385 g/mol. The summed E-state index contributed by atoms with van der Waals surface area (Å²) in [6.07, 6.45) is 1.59. The summed E-state index contributed by atoms with van der Waals surface area (Å²) in [5, 5.41) is 1.99. The number of hydrogen-bond donors (Lipinski definition) is 0. The molecule has 26 heavy (non-hydrogen) atoms. The van der Waals surface area contributed by atoms with E-state index in [9.17, 15) is 4.79 Å². The number of hydrogen-bond acceptors (Lipinski definition) is 5. The van der Waals surface area contributed by atoms with Crippen LogP contribution in [0.1, 0.15) is 29.9 Å². The maximum atomic E-state index is 12.9. The molecule has 0 aliphatic carbocycles. The van der Waals surface area contributed by atoms with Crippen LogP contribution in [0.15, 0.2) is 41.7 Å². The molecule has 4 nitrogen and oxygen atoms in total. The second-order valence-corrected chi connectivity index (χ2v) is 8.70. The van der Waals surface area contributed by atoms with E-state index in [1.54, 1.807) is 17.7 Å². The van der Waals surface area contributed by atoms with Crippen LogP contribution in [0.2, 0.25) is 0 Å². The molecular formula is C20H23N3OS2. The van der Waals surface area contributed by atoms with E-state index < -0.39 is 0 Å². The third kappa shape index (κ3) is 4.07. The summed E-state index contributed by atoms with van der Waals surface area (Å²) in [4.78, 5) is 25.8. The van der Waals surface area contributed by atoms with Crippen LogP contribution in [-0.2, 0) is 11.3 Å². The number of thiophene rings is 1. The van der Waals surface area contributed by atoms with Crippen molar-refractivity contribution in [2.24, 2.45) is 0 Å². The van der Waals surface area contributed by atoms with Crippen LogP contribution in [0.3, 0.4) is 0 Å². The third-order valence-electron chi connectivity index (χ3n) is 4.40. The Kier molecular flexibility index (Phi) is 5.94. The smallest absolute Gasteiger partial charge is 0.233 e. The summed E-state index contributed by atoms with van der Waals surface area (Å²) in [5.41, 5.74) is 2.36. The fourth-order valence-electron chi connectivity index (χ4n) is 2.81. The topological polar surface area (TPSA) is 46.1 Å². The van der Waals surface area contributed by atoms with Crippen LogP contribution in [0.25, 0.3) is 10.2 Å². The number of rotatable bonds is 6. The highest BCUT2D eigenvalue weighted by atomic mass is 32.2. The molecule has 2 aromatic heterocycles. The fraction of sp³-hybridized carbons (Fsp3) is 0.350. The van der Waals surface area contributed by atoms with Gasteiger partial charge in [-0.1, -0.05) is 42.1 Å². The maximum Gasteiger partial charge on any atom is 0.233 e. The van der Waals surface area contributed by atoms with E-state index in [0.717, 1.165) is 20.8 Å². The Bertz CT molecular complexity index is 906. The van der Waals surface area contributed by atoms with Gasteiger partial charge in [-0.2, -0.15) is 0 Å². The SMILES string of the molecule is Cc1sc2ncnc(SCC(=O)N(Cc3ccccc3)C(C)C)c2c1C. The van der Waals surface area contributed by atoms with E-state index >= 15 is 0 Å². The van der Waals surface area contributed by atoms with Crippen molar-refractivity contribution in [2.45, 2.75) is 45.3 Å². The largest absolute Gasteiger partial charge is 0.335 e. The van der Waals surface area contributed by atoms with Crippen molar-refractivity contribution in [3.8, 4) is 0 Å². The minimum atomic E-state index is 0.130. The quantitative estimate of drug-likeness (QED) is 0.450. The number of aromatic nitrogens is 2. The molecule has 136 valence electrons. The standard InChI is InChI=1S/C20H23N3OS2/c1-13(2)23(10-16-8-6-5-7-9-16)17(24)11-25-19-18-14(3)15(4)26-20(18)22-12-21-19/h5-9,12-13H,10-11H2,1-4H3. The second kappa shape index (κ2) is 8.18. The zero-order valence-electron chi connectivity index (χ0n) is 15.5. The van der Waals surface area contributed by atoms with Gasteiger partial charge >= 0.3 is 0 Å². The predicted molar refractivity (Wildman–Crippen MR) is 110 cm³/mol. The van der Waals surface area contributed by atoms with Crippen LogP contribution < -0.4 is 0 Å². The number of carbonyl (C=O) groups excluding carboxylic acids is 1. The number of amides is 1. The normalized spacial score (nSPS) is 11.3. The Morgan fingerprint density at radius 2 is 1.92 bits per heavy atom. The Hall–Kier alpha value is -1.92. The van der Waals surface area contributed by atoms with Crippen LogP contribution >= 0.6 is 23.1 Å². The van der Waals surface area contributed by atoms with E-state index in [0.29, 0.717) is 12.3 Å². The van der Waals surface area contributed by atoms with E-state index in [2.05, 4.69) is 49.8 Å². The van der Waals surface area contributed by atoms with Gasteiger partial charge in [0.15, 0.2) is 0 Å². The van der Waals surface area contributed by atoms with Gasteiger partial charge in [-0.25, -0.2) is 9.97 Å². The molecule has 1 amide bonds. The van der Waals surface area contributed by atoms with Gasteiger partial charge in [0.1, 0.15) is 16.2 Å². The summed E-state index contributed by atoms with van der Waals surface area (Å²) in [7, 11) is 0. The van der Waals surface area contributed by atoms with Gasteiger partial charge in [0, 0.05) is 22.8 Å². The van der Waals surface area contributed by atoms with Gasteiger partial charge in [-0.15, -0.1) is 11.3 Å². The van der Waals surface area contributed by atoms with Gasteiger partial charge < -0.3 is 4.90 Å². The summed E-state index contributed by atoms with van der Waals surface area (Å²) in [5.74, 6) is 0.510. The Morgan fingerprint density at radius 3 is 2.62 bits per heavy atom. The number of thioether (sulfide) groups is 1. The Morgan fingerprint density at radius 1 is 1.19 bits per heavy atom. The molecule has 0 unspecified atom stereocenters. The van der Waals surface area contributed by atoms with Crippen molar-refractivity contribution in [1.82, 2.24) is 14.9 Å². The van der Waals surface area contributed by atoms with Crippen molar-refractivity contribution >= 4 is 39.2 Å². The van der Waals surface area contributed by atoms with Crippen LogP contribution in [0.4, 0.5) is 0 Å². The number of nitrogens with zero attached hydrogens (tertiary/aromatic N) is 3. The second-order valence-electron chi connectivity index (χ2n) is 6.53. The molecule has 2 heterocycles. The van der Waals surface area contributed by atoms with Crippen LogP contribution in [0, 0.1) is 13.8 Å². The summed E-state index contributed by atoms with van der Waals surface area (Å²) in [6.45, 7) is 8.94. The molecule has 0 N–H and O–H groups in total. The Labute approximate surface area is 162 Å². The van der Waals surface area contributed by atoms with Gasteiger partial charge in [0.05, 0.1) is 5.75 Å². The molecule has 0 fully saturated rings. The molecule has 0 aliphatic rings. The predicted octanol–water partition coefficient (Wildman–Crippen LogP) is 4.84. The highest BCUT2D eigenvalue weighted by Crippen LogP contribution is 2.34. The highest BCUT2D eigenvalue weighted by Gasteiger charge is 2.19. The molecule has 6 heteroatoms. The maximum absolute atomic E-state index is 12.9. The van der Waals surface area contributed by atoms with Crippen LogP contribution in [0.5, 0.6) is 0 Å². The highest BCUT2D eigenvalue weighted by molar-refractivity contribution is 8.00. The average Bonchev–Trinajstić information content (AvgIpc) is 2.93. The van der Waals surface area contributed by atoms with Crippen molar-refractivity contribution < 1.29 is 4.79 Å². The molecule has 3 aromatic rings. The van der Waals surface area contributed by atoms with Gasteiger partial charge in [0.2, 0.25) is 5.91 Å². The lowest BCUT2D eigenvalue weighted by atomic mass is 10.2. The van der Waals surface area contributed by atoms with E-state index in [1.807, 2.05) is 23.1 Å². The fourth-order valence-corrected chi connectivity index (χ4v) is 4.81. The number of fused-ring (bicyclic) bond motifs is 1. The molecule has 0 saturated carbocycles. The van der Waals surface area contributed by atoms with Crippen molar-refractivity contribution in [2.75, 3.05) is 5.75 Å². The third-order valence-corrected chi connectivity index (χ3v) is 6.49. The molecule has 0 spiro atoms. The zero-order valence-corrected chi connectivity index (χ0v) is 17.2. The van der Waals surface area contributed by atoms with E-state index in [-0.39, 0.29) is 11.9 Å². The summed E-state index contributed by atoms with van der Waals surface area (Å²) >= 11 is 3.19. The minimum Gasteiger partial charge on any atom is -0.335 e. The number of carbonyl (C=O) groups is 1. The summed E-state index contributed by atoms with van der Waals surface area (Å²) in [6, 6.07) is 10.3. The lowest BCUT2D eigenvalue weighted by Gasteiger charge is -2.27. The van der Waals surface area contributed by atoms with Gasteiger partial charge in [-0.3, -0.25) is 4.79 Å². The number of aryl methyl sites for hydroxylation is 2. The molecule has 0 atom stereocenters. The first kappa shape index (κ1) is 18.9. The first-order chi connectivity index (χ1) is 12.5.